The van der Waals surface area contributed by atoms with E-state index in [1.165, 1.54) is 19.3 Å². The third-order valence-corrected chi connectivity index (χ3v) is 4.53. The molecule has 2 aliphatic carbocycles. The average Bonchev–Trinajstić information content (AvgIpc) is 2.69. The Morgan fingerprint density at radius 3 is 2.24 bits per heavy atom. The lowest BCUT2D eigenvalue weighted by Gasteiger charge is -2.36. The molecule has 0 saturated heterocycles. The van der Waals surface area contributed by atoms with Crippen LogP contribution in [0.1, 0.15) is 37.7 Å². The lowest BCUT2D eigenvalue weighted by atomic mass is 9.74. The summed E-state index contributed by atoms with van der Waals surface area (Å²) in [6, 6.07) is 7.93. The topological polar surface area (TPSA) is 29.5 Å². The summed E-state index contributed by atoms with van der Waals surface area (Å²) in [5, 5.41) is 10.8. The highest BCUT2D eigenvalue weighted by molar-refractivity contribution is 5.31. The molecule has 92 valence electrons. The summed E-state index contributed by atoms with van der Waals surface area (Å²) < 4.78 is 5.16. The molecule has 0 spiro atoms. The van der Waals surface area contributed by atoms with Crippen molar-refractivity contribution in [3.05, 3.63) is 29.8 Å². The summed E-state index contributed by atoms with van der Waals surface area (Å²) in [7, 11) is 1.67. The second-order valence-electron chi connectivity index (χ2n) is 5.71. The number of methoxy groups -OCH3 is 1. The van der Waals surface area contributed by atoms with Crippen LogP contribution in [0, 0.1) is 11.8 Å². The van der Waals surface area contributed by atoms with Crippen LogP contribution in [0.15, 0.2) is 24.3 Å². The van der Waals surface area contributed by atoms with E-state index in [4.69, 9.17) is 4.74 Å². The minimum Gasteiger partial charge on any atom is -0.497 e. The Labute approximate surface area is 103 Å². The average molecular weight is 232 g/mol. The maximum absolute atomic E-state index is 10.8. The van der Waals surface area contributed by atoms with Crippen LogP contribution in [0.5, 0.6) is 5.75 Å². The highest BCUT2D eigenvalue weighted by Crippen LogP contribution is 2.50. The van der Waals surface area contributed by atoms with Crippen molar-refractivity contribution in [1.82, 2.24) is 0 Å². The van der Waals surface area contributed by atoms with E-state index in [0.29, 0.717) is 0 Å². The molecule has 0 heterocycles. The molecule has 0 radical (unpaired) electrons. The quantitative estimate of drug-likeness (QED) is 0.849. The van der Waals surface area contributed by atoms with Crippen molar-refractivity contribution in [3.63, 3.8) is 0 Å². The largest absolute Gasteiger partial charge is 0.497 e. The Kier molecular flexibility index (Phi) is 2.62. The van der Waals surface area contributed by atoms with Gasteiger partial charge in [0, 0.05) is 0 Å². The summed E-state index contributed by atoms with van der Waals surface area (Å²) >= 11 is 0. The molecule has 1 aromatic rings. The summed E-state index contributed by atoms with van der Waals surface area (Å²) in [6.45, 7) is 0. The van der Waals surface area contributed by atoms with Crippen molar-refractivity contribution in [2.75, 3.05) is 7.11 Å². The van der Waals surface area contributed by atoms with Crippen LogP contribution in [-0.2, 0) is 5.60 Å². The fourth-order valence-corrected chi connectivity index (χ4v) is 3.72. The molecule has 2 bridgehead atoms. The van der Waals surface area contributed by atoms with Gasteiger partial charge in [0.05, 0.1) is 12.7 Å². The van der Waals surface area contributed by atoms with Gasteiger partial charge in [-0.3, -0.25) is 0 Å². The summed E-state index contributed by atoms with van der Waals surface area (Å²) in [5.74, 6) is 2.33. The van der Waals surface area contributed by atoms with Gasteiger partial charge in [-0.05, 0) is 48.8 Å². The Balaban J connectivity index is 1.86. The van der Waals surface area contributed by atoms with Crippen LogP contribution in [-0.4, -0.2) is 12.2 Å². The Morgan fingerprint density at radius 1 is 1.12 bits per heavy atom. The standard InChI is InChI=1S/C15H20O2/c1-17-14-6-4-13(5-7-14)15(16)9-11-2-3-12(8-11)10-15/h4-7,11-12,16H,2-3,8-10H2,1H3/t11-,12+,15?. The van der Waals surface area contributed by atoms with Crippen LogP contribution in [0.4, 0.5) is 0 Å². The van der Waals surface area contributed by atoms with Gasteiger partial charge in [-0.25, -0.2) is 0 Å². The lowest BCUT2D eigenvalue weighted by molar-refractivity contribution is -0.0255. The first-order valence-corrected chi connectivity index (χ1v) is 6.56. The molecule has 2 nitrogen and oxygen atoms in total. The second kappa shape index (κ2) is 4.02. The summed E-state index contributed by atoms with van der Waals surface area (Å²) in [4.78, 5) is 0. The fraction of sp³-hybridized carbons (Fsp3) is 0.600. The highest BCUT2D eigenvalue weighted by atomic mass is 16.5. The van der Waals surface area contributed by atoms with Gasteiger partial charge in [-0.15, -0.1) is 0 Å². The van der Waals surface area contributed by atoms with Gasteiger partial charge in [-0.2, -0.15) is 0 Å². The van der Waals surface area contributed by atoms with Gasteiger partial charge >= 0.3 is 0 Å². The molecule has 0 aromatic heterocycles. The molecule has 3 rings (SSSR count). The van der Waals surface area contributed by atoms with E-state index in [1.807, 2.05) is 24.3 Å². The van der Waals surface area contributed by atoms with Crippen LogP contribution >= 0.6 is 0 Å². The molecule has 3 atom stereocenters. The first kappa shape index (κ1) is 11.1. The molecule has 2 heteroatoms. The predicted octanol–water partition coefficient (Wildman–Crippen LogP) is 3.09. The second-order valence-corrected chi connectivity index (χ2v) is 5.71. The van der Waals surface area contributed by atoms with Gasteiger partial charge in [-0.1, -0.05) is 25.0 Å². The zero-order valence-electron chi connectivity index (χ0n) is 10.4. The van der Waals surface area contributed by atoms with Crippen molar-refractivity contribution in [2.45, 2.75) is 37.7 Å². The molecule has 1 N–H and O–H groups in total. The van der Waals surface area contributed by atoms with Crippen LogP contribution < -0.4 is 4.74 Å². The first-order chi connectivity index (χ1) is 8.19. The van der Waals surface area contributed by atoms with Gasteiger partial charge in [0.25, 0.3) is 0 Å². The van der Waals surface area contributed by atoms with E-state index in [1.54, 1.807) is 7.11 Å². The van der Waals surface area contributed by atoms with E-state index >= 15 is 0 Å². The molecule has 0 amide bonds. The molecular formula is C15H20O2. The Hall–Kier alpha value is -1.02. The molecule has 2 aliphatic rings. The number of benzene rings is 1. The third kappa shape index (κ3) is 1.95. The third-order valence-electron chi connectivity index (χ3n) is 4.53. The Bertz CT molecular complexity index is 384. The minimum absolute atomic E-state index is 0.587. The molecule has 1 unspecified atom stereocenters. The molecule has 2 saturated carbocycles. The summed E-state index contributed by atoms with van der Waals surface area (Å²) in [6.07, 6.45) is 5.83. The first-order valence-electron chi connectivity index (χ1n) is 6.56. The molecule has 0 aliphatic heterocycles. The maximum Gasteiger partial charge on any atom is 0.118 e. The van der Waals surface area contributed by atoms with Crippen LogP contribution in [0.3, 0.4) is 0 Å². The zero-order chi connectivity index (χ0) is 11.9. The number of rotatable bonds is 2. The minimum atomic E-state index is -0.587. The Morgan fingerprint density at radius 2 is 1.71 bits per heavy atom. The van der Waals surface area contributed by atoms with Gasteiger partial charge in [0.15, 0.2) is 0 Å². The number of hydrogen-bond donors (Lipinski definition) is 1. The number of fused-ring (bicyclic) bond motifs is 2. The van der Waals surface area contributed by atoms with E-state index in [9.17, 15) is 5.11 Å². The van der Waals surface area contributed by atoms with Gasteiger partial charge < -0.3 is 9.84 Å². The van der Waals surface area contributed by atoms with Gasteiger partial charge in [0.1, 0.15) is 5.75 Å². The predicted molar refractivity (Wildman–Crippen MR) is 67.0 cm³/mol. The summed E-state index contributed by atoms with van der Waals surface area (Å²) in [5.41, 5.74) is 0.478. The lowest BCUT2D eigenvalue weighted by Crippen LogP contribution is -2.33. The van der Waals surface area contributed by atoms with Gasteiger partial charge in [0.2, 0.25) is 0 Å². The van der Waals surface area contributed by atoms with Crippen molar-refractivity contribution >= 4 is 0 Å². The molecule has 2 fully saturated rings. The zero-order valence-corrected chi connectivity index (χ0v) is 10.4. The maximum atomic E-state index is 10.8. The van der Waals surface area contributed by atoms with E-state index in [2.05, 4.69) is 0 Å². The van der Waals surface area contributed by atoms with E-state index in [-0.39, 0.29) is 0 Å². The van der Waals surface area contributed by atoms with Crippen molar-refractivity contribution in [3.8, 4) is 5.75 Å². The van der Waals surface area contributed by atoms with E-state index < -0.39 is 5.60 Å². The number of hydrogen-bond acceptors (Lipinski definition) is 2. The monoisotopic (exact) mass is 232 g/mol. The SMILES string of the molecule is COc1ccc(C2(O)C[C@@H]3CC[C@@H](C3)C2)cc1. The normalized spacial score (nSPS) is 35.9. The molecule has 1 aromatic carbocycles. The van der Waals surface area contributed by atoms with Crippen molar-refractivity contribution in [1.29, 1.82) is 0 Å². The number of aliphatic hydroxyl groups is 1. The van der Waals surface area contributed by atoms with E-state index in [0.717, 1.165) is 36.0 Å². The highest BCUT2D eigenvalue weighted by Gasteiger charge is 2.43. The van der Waals surface area contributed by atoms with Crippen LogP contribution in [0.2, 0.25) is 0 Å². The fourth-order valence-electron chi connectivity index (χ4n) is 3.72. The molecular weight excluding hydrogens is 212 g/mol. The number of ether oxygens (including phenoxy) is 1. The smallest absolute Gasteiger partial charge is 0.118 e. The molecule has 17 heavy (non-hydrogen) atoms. The van der Waals surface area contributed by atoms with Crippen molar-refractivity contribution in [2.24, 2.45) is 11.8 Å². The van der Waals surface area contributed by atoms with Crippen molar-refractivity contribution < 1.29 is 9.84 Å². The van der Waals surface area contributed by atoms with Crippen LogP contribution in [0.25, 0.3) is 0 Å².